The van der Waals surface area contributed by atoms with Crippen LogP contribution in [0.5, 0.6) is 11.5 Å². The fourth-order valence-corrected chi connectivity index (χ4v) is 2.19. The van der Waals surface area contributed by atoms with Crippen molar-refractivity contribution < 1.29 is 9.47 Å². The Bertz CT molecular complexity index is 838. The number of methoxy groups -OCH3 is 1. The molecule has 1 heterocycles. The number of ether oxygens (including phenoxy) is 2. The first-order chi connectivity index (χ1) is 11.2. The van der Waals surface area contributed by atoms with Gasteiger partial charge in [0.2, 0.25) is 0 Å². The van der Waals surface area contributed by atoms with Gasteiger partial charge in [-0.2, -0.15) is 0 Å². The van der Waals surface area contributed by atoms with Crippen LogP contribution in [-0.4, -0.2) is 17.1 Å². The van der Waals surface area contributed by atoms with Crippen LogP contribution < -0.4 is 15.2 Å². The number of nitrogens with one attached hydrogen (secondary N) is 1. The van der Waals surface area contributed by atoms with Gasteiger partial charge in [-0.15, -0.1) is 0 Å². The maximum absolute atomic E-state index is 11.0. The van der Waals surface area contributed by atoms with E-state index in [0.29, 0.717) is 6.61 Å². The van der Waals surface area contributed by atoms with Gasteiger partial charge in [-0.1, -0.05) is 24.3 Å². The van der Waals surface area contributed by atoms with Gasteiger partial charge in [0.25, 0.3) is 0 Å². The quantitative estimate of drug-likeness (QED) is 0.787. The average molecular weight is 308 g/mol. The first kappa shape index (κ1) is 14.8. The molecule has 0 unspecified atom stereocenters. The Morgan fingerprint density at radius 2 is 1.87 bits per heavy atom. The van der Waals surface area contributed by atoms with E-state index in [2.05, 4.69) is 9.97 Å². The molecular formula is C18H16N2O3. The SMILES string of the molecule is COc1cccc(COc2cccc(-c3cnc(=O)[nH]c3)c2)c1. The van der Waals surface area contributed by atoms with Crippen molar-refractivity contribution in [2.24, 2.45) is 0 Å². The molecule has 0 amide bonds. The summed E-state index contributed by atoms with van der Waals surface area (Å²) in [6, 6.07) is 15.4. The number of hydrogen-bond donors (Lipinski definition) is 1. The smallest absolute Gasteiger partial charge is 0.344 e. The van der Waals surface area contributed by atoms with E-state index in [1.165, 1.54) is 0 Å². The van der Waals surface area contributed by atoms with Gasteiger partial charge in [-0.05, 0) is 35.4 Å². The van der Waals surface area contributed by atoms with Crippen molar-refractivity contribution in [2.45, 2.75) is 6.61 Å². The van der Waals surface area contributed by atoms with Gasteiger partial charge in [-0.3, -0.25) is 0 Å². The van der Waals surface area contributed by atoms with Crippen molar-refractivity contribution in [3.05, 3.63) is 77.0 Å². The lowest BCUT2D eigenvalue weighted by Gasteiger charge is -2.09. The Labute approximate surface area is 133 Å². The summed E-state index contributed by atoms with van der Waals surface area (Å²) in [4.78, 5) is 17.3. The first-order valence-corrected chi connectivity index (χ1v) is 7.15. The van der Waals surface area contributed by atoms with Gasteiger partial charge in [-0.25, -0.2) is 9.78 Å². The zero-order chi connectivity index (χ0) is 16.1. The molecule has 3 rings (SSSR count). The molecule has 0 aliphatic carbocycles. The number of benzene rings is 2. The van der Waals surface area contributed by atoms with Crippen molar-refractivity contribution in [3.8, 4) is 22.6 Å². The second-order valence-corrected chi connectivity index (χ2v) is 4.98. The average Bonchev–Trinajstić information content (AvgIpc) is 2.61. The maximum atomic E-state index is 11.0. The molecule has 1 N–H and O–H groups in total. The minimum absolute atomic E-state index is 0.362. The predicted molar refractivity (Wildman–Crippen MR) is 87.6 cm³/mol. The summed E-state index contributed by atoms with van der Waals surface area (Å²) in [7, 11) is 1.64. The van der Waals surface area contributed by atoms with Gasteiger partial charge >= 0.3 is 5.69 Å². The molecular weight excluding hydrogens is 292 g/mol. The Morgan fingerprint density at radius 3 is 2.65 bits per heavy atom. The summed E-state index contributed by atoms with van der Waals surface area (Å²) >= 11 is 0. The van der Waals surface area contributed by atoms with E-state index in [0.717, 1.165) is 28.2 Å². The highest BCUT2D eigenvalue weighted by atomic mass is 16.5. The predicted octanol–water partition coefficient (Wildman–Crippen LogP) is 3.02. The van der Waals surface area contributed by atoms with Gasteiger partial charge in [0.15, 0.2) is 0 Å². The molecule has 0 fully saturated rings. The zero-order valence-electron chi connectivity index (χ0n) is 12.7. The third-order valence-electron chi connectivity index (χ3n) is 3.38. The molecule has 0 aliphatic heterocycles. The Hall–Kier alpha value is -3.08. The minimum atomic E-state index is -0.362. The lowest BCUT2D eigenvalue weighted by atomic mass is 10.1. The van der Waals surface area contributed by atoms with E-state index in [1.54, 1.807) is 19.5 Å². The third-order valence-corrected chi connectivity index (χ3v) is 3.38. The van der Waals surface area contributed by atoms with E-state index in [4.69, 9.17) is 9.47 Å². The van der Waals surface area contributed by atoms with Gasteiger partial charge in [0, 0.05) is 18.0 Å². The standard InChI is InChI=1S/C18H16N2O3/c1-22-16-6-2-4-13(8-16)12-23-17-7-3-5-14(9-17)15-10-19-18(21)20-11-15/h2-11H,12H2,1H3,(H,19,20,21). The van der Waals surface area contributed by atoms with Crippen LogP contribution in [0.3, 0.4) is 0 Å². The first-order valence-electron chi connectivity index (χ1n) is 7.15. The largest absolute Gasteiger partial charge is 0.497 e. The Balaban J connectivity index is 1.74. The van der Waals surface area contributed by atoms with Crippen LogP contribution in [0.15, 0.2) is 65.7 Å². The van der Waals surface area contributed by atoms with Crippen LogP contribution in [0.2, 0.25) is 0 Å². The number of aromatic nitrogens is 2. The van der Waals surface area contributed by atoms with Crippen molar-refractivity contribution in [1.82, 2.24) is 9.97 Å². The Kier molecular flexibility index (Phi) is 4.38. The minimum Gasteiger partial charge on any atom is -0.497 e. The summed E-state index contributed by atoms with van der Waals surface area (Å²) in [5.74, 6) is 1.55. The van der Waals surface area contributed by atoms with E-state index in [9.17, 15) is 4.79 Å². The molecule has 0 radical (unpaired) electrons. The van der Waals surface area contributed by atoms with E-state index >= 15 is 0 Å². The van der Waals surface area contributed by atoms with Crippen molar-refractivity contribution in [1.29, 1.82) is 0 Å². The monoisotopic (exact) mass is 308 g/mol. The lowest BCUT2D eigenvalue weighted by Crippen LogP contribution is -2.07. The molecule has 0 bridgehead atoms. The van der Waals surface area contributed by atoms with Crippen molar-refractivity contribution >= 4 is 0 Å². The van der Waals surface area contributed by atoms with Crippen LogP contribution in [-0.2, 0) is 6.61 Å². The number of rotatable bonds is 5. The van der Waals surface area contributed by atoms with Crippen LogP contribution >= 0.6 is 0 Å². The summed E-state index contributed by atoms with van der Waals surface area (Å²) in [5, 5.41) is 0. The second kappa shape index (κ2) is 6.79. The molecule has 3 aromatic rings. The van der Waals surface area contributed by atoms with Crippen molar-refractivity contribution in [2.75, 3.05) is 7.11 Å². The molecule has 0 aliphatic rings. The third kappa shape index (κ3) is 3.77. The van der Waals surface area contributed by atoms with Crippen LogP contribution in [0.4, 0.5) is 0 Å². The second-order valence-electron chi connectivity index (χ2n) is 4.98. The number of hydrogen-bond acceptors (Lipinski definition) is 4. The molecule has 1 aromatic heterocycles. The number of aromatic amines is 1. The van der Waals surface area contributed by atoms with E-state index in [-0.39, 0.29) is 5.69 Å². The molecule has 2 aromatic carbocycles. The van der Waals surface area contributed by atoms with Crippen LogP contribution in [0.25, 0.3) is 11.1 Å². The number of H-pyrrole nitrogens is 1. The molecule has 116 valence electrons. The molecule has 0 atom stereocenters. The normalized spacial score (nSPS) is 10.3. The van der Waals surface area contributed by atoms with E-state index in [1.807, 2.05) is 48.5 Å². The summed E-state index contributed by atoms with van der Waals surface area (Å²) in [6.07, 6.45) is 3.18. The molecule has 23 heavy (non-hydrogen) atoms. The zero-order valence-corrected chi connectivity index (χ0v) is 12.7. The summed E-state index contributed by atoms with van der Waals surface area (Å²) in [6.45, 7) is 0.449. The molecule has 5 nitrogen and oxygen atoms in total. The van der Waals surface area contributed by atoms with Gasteiger partial charge in [0.05, 0.1) is 7.11 Å². The van der Waals surface area contributed by atoms with Crippen LogP contribution in [0, 0.1) is 0 Å². The fourth-order valence-electron chi connectivity index (χ4n) is 2.19. The van der Waals surface area contributed by atoms with Crippen LogP contribution in [0.1, 0.15) is 5.56 Å². The van der Waals surface area contributed by atoms with Gasteiger partial charge < -0.3 is 14.5 Å². The van der Waals surface area contributed by atoms with E-state index < -0.39 is 0 Å². The highest BCUT2D eigenvalue weighted by Crippen LogP contribution is 2.23. The van der Waals surface area contributed by atoms with Gasteiger partial charge in [0.1, 0.15) is 18.1 Å². The molecule has 0 spiro atoms. The molecule has 0 saturated heterocycles. The van der Waals surface area contributed by atoms with Crippen molar-refractivity contribution in [3.63, 3.8) is 0 Å². The highest BCUT2D eigenvalue weighted by molar-refractivity contribution is 5.63. The molecule has 0 saturated carbocycles. The maximum Gasteiger partial charge on any atom is 0.344 e. The fraction of sp³-hybridized carbons (Fsp3) is 0.111. The lowest BCUT2D eigenvalue weighted by molar-refractivity contribution is 0.305. The highest BCUT2D eigenvalue weighted by Gasteiger charge is 2.02. The topological polar surface area (TPSA) is 64.2 Å². The Morgan fingerprint density at radius 1 is 1.04 bits per heavy atom. The molecule has 5 heteroatoms. The summed E-state index contributed by atoms with van der Waals surface area (Å²) < 4.78 is 11.0. The summed E-state index contributed by atoms with van der Waals surface area (Å²) in [5.41, 5.74) is 2.42. The number of nitrogens with zero attached hydrogens (tertiary/aromatic N) is 1.